The van der Waals surface area contributed by atoms with Crippen molar-refractivity contribution in [2.75, 3.05) is 6.54 Å². The summed E-state index contributed by atoms with van der Waals surface area (Å²) in [6.07, 6.45) is 4.79. The highest BCUT2D eigenvalue weighted by molar-refractivity contribution is 6.30. The van der Waals surface area contributed by atoms with E-state index in [1.165, 1.54) is 0 Å². The van der Waals surface area contributed by atoms with Crippen LogP contribution >= 0.6 is 11.6 Å². The first-order chi connectivity index (χ1) is 11.7. The number of nitrogens with one attached hydrogen (secondary N) is 1. The molecular formula is C19H18ClN3O. The molecule has 0 saturated carbocycles. The Morgan fingerprint density at radius 3 is 2.42 bits per heavy atom. The second-order valence-corrected chi connectivity index (χ2v) is 5.96. The molecule has 0 radical (unpaired) electrons. The molecule has 2 aromatic carbocycles. The summed E-state index contributed by atoms with van der Waals surface area (Å²) in [5.41, 5.74) is 3.12. The van der Waals surface area contributed by atoms with Gasteiger partial charge in [-0.3, -0.25) is 4.79 Å². The minimum atomic E-state index is 0.0239. The Morgan fingerprint density at radius 2 is 1.75 bits per heavy atom. The zero-order chi connectivity index (χ0) is 16.8. The third-order valence-corrected chi connectivity index (χ3v) is 3.97. The lowest BCUT2D eigenvalue weighted by atomic mass is 10.1. The van der Waals surface area contributed by atoms with Gasteiger partial charge in [0, 0.05) is 24.0 Å². The highest BCUT2D eigenvalue weighted by Crippen LogP contribution is 2.10. The van der Waals surface area contributed by atoms with Gasteiger partial charge in [0.25, 0.3) is 0 Å². The molecule has 0 aliphatic carbocycles. The van der Waals surface area contributed by atoms with Gasteiger partial charge in [-0.05, 0) is 47.9 Å². The van der Waals surface area contributed by atoms with Crippen molar-refractivity contribution >= 4 is 17.5 Å². The first-order valence-electron chi connectivity index (χ1n) is 7.81. The molecule has 4 nitrogen and oxygen atoms in total. The Bertz CT molecular complexity index is 780. The Hall–Kier alpha value is -2.59. The average molecular weight is 340 g/mol. The van der Waals surface area contributed by atoms with Crippen LogP contribution in [-0.4, -0.2) is 22.2 Å². The average Bonchev–Trinajstić information content (AvgIpc) is 3.12. The van der Waals surface area contributed by atoms with Gasteiger partial charge in [-0.15, -0.1) is 0 Å². The molecule has 1 heterocycles. The van der Waals surface area contributed by atoms with E-state index >= 15 is 0 Å². The number of amides is 1. The van der Waals surface area contributed by atoms with Gasteiger partial charge in [-0.25, -0.2) is 4.68 Å². The fraction of sp³-hybridized carbons (Fsp3) is 0.158. The van der Waals surface area contributed by atoms with Crippen LogP contribution in [0, 0.1) is 0 Å². The van der Waals surface area contributed by atoms with Gasteiger partial charge in [0.15, 0.2) is 0 Å². The summed E-state index contributed by atoms with van der Waals surface area (Å²) in [5.74, 6) is 0.0239. The second kappa shape index (κ2) is 7.79. The fourth-order valence-corrected chi connectivity index (χ4v) is 2.56. The largest absolute Gasteiger partial charge is 0.355 e. The van der Waals surface area contributed by atoms with Gasteiger partial charge >= 0.3 is 0 Å². The summed E-state index contributed by atoms with van der Waals surface area (Å²) in [5, 5.41) is 7.85. The fourth-order valence-electron chi connectivity index (χ4n) is 2.43. The number of halogens is 1. The Labute approximate surface area is 146 Å². The number of nitrogens with zero attached hydrogens (tertiary/aromatic N) is 2. The Kier molecular flexibility index (Phi) is 5.29. The lowest BCUT2D eigenvalue weighted by Crippen LogP contribution is -2.27. The molecule has 0 atom stereocenters. The molecule has 1 N–H and O–H groups in total. The van der Waals surface area contributed by atoms with Crippen LogP contribution in [0.25, 0.3) is 5.69 Å². The predicted molar refractivity (Wildman–Crippen MR) is 95.4 cm³/mol. The quantitative estimate of drug-likeness (QED) is 0.748. The van der Waals surface area contributed by atoms with Gasteiger partial charge in [-0.2, -0.15) is 5.10 Å². The van der Waals surface area contributed by atoms with E-state index in [4.69, 9.17) is 11.6 Å². The van der Waals surface area contributed by atoms with E-state index in [-0.39, 0.29) is 5.91 Å². The number of carbonyl (C=O) groups is 1. The normalized spacial score (nSPS) is 10.5. The monoisotopic (exact) mass is 339 g/mol. The lowest BCUT2D eigenvalue weighted by Gasteiger charge is -2.07. The van der Waals surface area contributed by atoms with Crippen LogP contribution < -0.4 is 5.32 Å². The number of benzene rings is 2. The van der Waals surface area contributed by atoms with Crippen LogP contribution in [0.15, 0.2) is 67.0 Å². The van der Waals surface area contributed by atoms with Crippen LogP contribution in [0.4, 0.5) is 0 Å². The molecule has 3 aromatic rings. The van der Waals surface area contributed by atoms with Crippen LogP contribution in [0.3, 0.4) is 0 Å². The van der Waals surface area contributed by atoms with Crippen molar-refractivity contribution in [2.45, 2.75) is 12.8 Å². The highest BCUT2D eigenvalue weighted by Gasteiger charge is 2.04. The molecule has 1 amide bonds. The SMILES string of the molecule is O=C(Cc1ccc(-n2cccn2)cc1)NCCc1ccc(Cl)cc1. The number of aromatic nitrogens is 2. The van der Waals surface area contributed by atoms with Gasteiger partial charge in [0.05, 0.1) is 12.1 Å². The summed E-state index contributed by atoms with van der Waals surface area (Å²) in [6.45, 7) is 0.617. The molecule has 0 fully saturated rings. The molecule has 0 aliphatic heterocycles. The van der Waals surface area contributed by atoms with Crippen molar-refractivity contribution in [2.24, 2.45) is 0 Å². The maximum atomic E-state index is 12.0. The van der Waals surface area contributed by atoms with Gasteiger partial charge < -0.3 is 5.32 Å². The van der Waals surface area contributed by atoms with Crippen LogP contribution in [0.1, 0.15) is 11.1 Å². The molecule has 3 rings (SSSR count). The maximum Gasteiger partial charge on any atom is 0.224 e. The van der Waals surface area contributed by atoms with Crippen LogP contribution in [0.5, 0.6) is 0 Å². The Balaban J connectivity index is 1.47. The van der Waals surface area contributed by atoms with E-state index in [1.807, 2.05) is 60.8 Å². The summed E-state index contributed by atoms with van der Waals surface area (Å²) in [4.78, 5) is 12.0. The van der Waals surface area contributed by atoms with E-state index in [0.717, 1.165) is 28.3 Å². The molecule has 5 heteroatoms. The first kappa shape index (κ1) is 16.3. The summed E-state index contributed by atoms with van der Waals surface area (Å²) >= 11 is 5.85. The zero-order valence-electron chi connectivity index (χ0n) is 13.2. The van der Waals surface area contributed by atoms with Gasteiger partial charge in [0.1, 0.15) is 0 Å². The van der Waals surface area contributed by atoms with Crippen molar-refractivity contribution < 1.29 is 4.79 Å². The smallest absolute Gasteiger partial charge is 0.224 e. The van der Waals surface area contributed by atoms with Crippen molar-refractivity contribution in [3.63, 3.8) is 0 Å². The van der Waals surface area contributed by atoms with E-state index in [2.05, 4.69) is 10.4 Å². The van der Waals surface area contributed by atoms with Gasteiger partial charge in [0.2, 0.25) is 5.91 Å². The van der Waals surface area contributed by atoms with Crippen LogP contribution in [0.2, 0.25) is 5.02 Å². The van der Waals surface area contributed by atoms with E-state index in [1.54, 1.807) is 10.9 Å². The summed E-state index contributed by atoms with van der Waals surface area (Å²) in [7, 11) is 0. The lowest BCUT2D eigenvalue weighted by molar-refractivity contribution is -0.120. The van der Waals surface area contributed by atoms with Gasteiger partial charge in [-0.1, -0.05) is 35.9 Å². The van der Waals surface area contributed by atoms with E-state index in [0.29, 0.717) is 13.0 Å². The van der Waals surface area contributed by atoms with Crippen molar-refractivity contribution in [1.82, 2.24) is 15.1 Å². The molecule has 122 valence electrons. The molecule has 0 bridgehead atoms. The highest BCUT2D eigenvalue weighted by atomic mass is 35.5. The molecule has 0 spiro atoms. The number of hydrogen-bond acceptors (Lipinski definition) is 2. The van der Waals surface area contributed by atoms with Crippen molar-refractivity contribution in [1.29, 1.82) is 0 Å². The minimum absolute atomic E-state index is 0.0239. The Morgan fingerprint density at radius 1 is 1.04 bits per heavy atom. The summed E-state index contributed by atoms with van der Waals surface area (Å²) in [6, 6.07) is 17.4. The minimum Gasteiger partial charge on any atom is -0.355 e. The molecular weight excluding hydrogens is 322 g/mol. The van der Waals surface area contributed by atoms with Crippen molar-refractivity contribution in [3.05, 3.63) is 83.1 Å². The van der Waals surface area contributed by atoms with Crippen LogP contribution in [-0.2, 0) is 17.6 Å². The first-order valence-corrected chi connectivity index (χ1v) is 8.18. The zero-order valence-corrected chi connectivity index (χ0v) is 13.9. The molecule has 0 aliphatic rings. The second-order valence-electron chi connectivity index (χ2n) is 5.52. The molecule has 24 heavy (non-hydrogen) atoms. The standard InChI is InChI=1S/C19H18ClN3O/c20-17-6-2-15(3-7-17)10-12-21-19(24)14-16-4-8-18(9-5-16)23-13-1-11-22-23/h1-9,11,13H,10,12,14H2,(H,21,24). The third kappa shape index (κ3) is 4.46. The molecule has 1 aromatic heterocycles. The van der Waals surface area contributed by atoms with E-state index < -0.39 is 0 Å². The number of rotatable bonds is 6. The summed E-state index contributed by atoms with van der Waals surface area (Å²) < 4.78 is 1.79. The molecule has 0 saturated heterocycles. The van der Waals surface area contributed by atoms with E-state index in [9.17, 15) is 4.79 Å². The number of hydrogen-bond donors (Lipinski definition) is 1. The third-order valence-electron chi connectivity index (χ3n) is 3.72. The van der Waals surface area contributed by atoms with Crippen molar-refractivity contribution in [3.8, 4) is 5.69 Å². The maximum absolute atomic E-state index is 12.0. The molecule has 0 unspecified atom stereocenters. The predicted octanol–water partition coefficient (Wildman–Crippen LogP) is 3.43. The topological polar surface area (TPSA) is 46.9 Å². The number of carbonyl (C=O) groups excluding carboxylic acids is 1.